The topological polar surface area (TPSA) is 0 Å². The minimum atomic E-state index is -0.335. The van der Waals surface area contributed by atoms with Crippen molar-refractivity contribution in [3.63, 3.8) is 0 Å². The number of allylic oxidation sites excluding steroid dienone is 3. The van der Waals surface area contributed by atoms with E-state index < -0.39 is 0 Å². The highest BCUT2D eigenvalue weighted by Gasteiger charge is 1.78. The van der Waals surface area contributed by atoms with Gasteiger partial charge in [0.1, 0.15) is 0 Å². The third-order valence-electron chi connectivity index (χ3n) is 0.543. The maximum Gasteiger partial charge on any atom is 0.165 e. The molecule has 0 radical (unpaired) electrons. The van der Waals surface area contributed by atoms with E-state index in [1.54, 1.807) is 6.08 Å². The van der Waals surface area contributed by atoms with Gasteiger partial charge in [0.05, 0.1) is 0 Å². The number of halogens is 2. The van der Waals surface area contributed by atoms with Crippen molar-refractivity contribution in [1.29, 1.82) is 0 Å². The van der Waals surface area contributed by atoms with Gasteiger partial charge < -0.3 is 0 Å². The van der Waals surface area contributed by atoms with E-state index in [2.05, 4.69) is 15.9 Å². The molecule has 0 aromatic heterocycles. The number of hydrogen-bond donors (Lipinski definition) is 0. The second kappa shape index (κ2) is 3.84. The lowest BCUT2D eigenvalue weighted by Crippen LogP contribution is -1.58. The van der Waals surface area contributed by atoms with Gasteiger partial charge in [-0.15, -0.1) is 0 Å². The molecule has 0 fully saturated rings. The Labute approximate surface area is 57.2 Å². The lowest BCUT2D eigenvalue weighted by molar-refractivity contribution is 0.705. The van der Waals surface area contributed by atoms with Gasteiger partial charge in [-0.05, 0) is 35.9 Å². The third-order valence-corrected chi connectivity index (χ3v) is 0.807. The maximum atomic E-state index is 11.8. The van der Waals surface area contributed by atoms with Crippen LogP contribution in [0.15, 0.2) is 22.5 Å². The molecule has 0 nitrogen and oxygen atoms in total. The summed E-state index contributed by atoms with van der Waals surface area (Å²) < 4.78 is 11.5. The van der Waals surface area contributed by atoms with Gasteiger partial charge in [0.15, 0.2) is 4.74 Å². The third kappa shape index (κ3) is 5.89. The Hall–Kier alpha value is -0.110. The summed E-state index contributed by atoms with van der Waals surface area (Å²) in [5.41, 5.74) is 1.08. The average Bonchev–Trinajstić information content (AvgIpc) is 1.61. The zero-order chi connectivity index (χ0) is 6.57. The van der Waals surface area contributed by atoms with Gasteiger partial charge in [-0.3, -0.25) is 0 Å². The van der Waals surface area contributed by atoms with E-state index in [9.17, 15) is 4.39 Å². The molecular formula is C6H8BrF. The van der Waals surface area contributed by atoms with Gasteiger partial charge in [-0.1, -0.05) is 11.6 Å². The monoisotopic (exact) mass is 178 g/mol. The van der Waals surface area contributed by atoms with Crippen LogP contribution in [0.1, 0.15) is 13.8 Å². The fourth-order valence-electron chi connectivity index (χ4n) is 0.230. The number of rotatable bonds is 1. The Kier molecular flexibility index (Phi) is 3.79. The Morgan fingerprint density at radius 2 is 1.88 bits per heavy atom. The van der Waals surface area contributed by atoms with Crippen LogP contribution in [0.25, 0.3) is 0 Å². The minimum absolute atomic E-state index is 0.335. The predicted octanol–water partition coefficient (Wildman–Crippen LogP) is 3.16. The van der Waals surface area contributed by atoms with Crippen LogP contribution in [0.5, 0.6) is 0 Å². The molecule has 0 spiro atoms. The van der Waals surface area contributed by atoms with Crippen molar-refractivity contribution in [3.05, 3.63) is 22.5 Å². The van der Waals surface area contributed by atoms with Gasteiger partial charge in [0.25, 0.3) is 0 Å². The summed E-state index contributed by atoms with van der Waals surface area (Å²) in [6, 6.07) is 0. The van der Waals surface area contributed by atoms with Crippen LogP contribution in [0.4, 0.5) is 4.39 Å². The van der Waals surface area contributed by atoms with E-state index >= 15 is 0 Å². The summed E-state index contributed by atoms with van der Waals surface area (Å²) in [4.78, 5) is 0. The Morgan fingerprint density at radius 1 is 1.38 bits per heavy atom. The predicted molar refractivity (Wildman–Crippen MR) is 37.5 cm³/mol. The summed E-state index contributed by atoms with van der Waals surface area (Å²) in [7, 11) is 0. The molecule has 0 bridgehead atoms. The maximum absolute atomic E-state index is 11.8. The van der Waals surface area contributed by atoms with Gasteiger partial charge >= 0.3 is 0 Å². The highest BCUT2D eigenvalue weighted by atomic mass is 79.9. The summed E-state index contributed by atoms with van der Waals surface area (Å²) in [6.07, 6.45) is 3.07. The van der Waals surface area contributed by atoms with Crippen molar-refractivity contribution in [2.24, 2.45) is 0 Å². The van der Waals surface area contributed by atoms with E-state index in [-0.39, 0.29) is 4.74 Å². The van der Waals surface area contributed by atoms with Crippen LogP contribution in [0, 0.1) is 0 Å². The van der Waals surface area contributed by atoms with E-state index in [0.717, 1.165) is 5.57 Å². The highest BCUT2D eigenvalue weighted by molar-refractivity contribution is 9.11. The average molecular weight is 179 g/mol. The molecule has 0 saturated heterocycles. The molecule has 46 valence electrons. The van der Waals surface area contributed by atoms with Crippen LogP contribution in [-0.4, -0.2) is 0 Å². The molecule has 0 saturated carbocycles. The molecule has 0 N–H and O–H groups in total. The van der Waals surface area contributed by atoms with E-state index in [1.165, 1.54) is 6.08 Å². The molecule has 8 heavy (non-hydrogen) atoms. The molecule has 0 aliphatic heterocycles. The Balaban J connectivity index is 3.76. The van der Waals surface area contributed by atoms with Crippen LogP contribution in [0.2, 0.25) is 0 Å². The van der Waals surface area contributed by atoms with Crippen molar-refractivity contribution in [3.8, 4) is 0 Å². The molecule has 0 heterocycles. The van der Waals surface area contributed by atoms with Crippen molar-refractivity contribution in [1.82, 2.24) is 0 Å². The Morgan fingerprint density at radius 3 is 2.00 bits per heavy atom. The van der Waals surface area contributed by atoms with Crippen molar-refractivity contribution >= 4 is 15.9 Å². The first-order chi connectivity index (χ1) is 3.63. The summed E-state index contributed by atoms with van der Waals surface area (Å²) in [5.74, 6) is 0. The van der Waals surface area contributed by atoms with Gasteiger partial charge in [-0.2, -0.15) is 4.39 Å². The standard InChI is InChI=1S/C6H8BrF/c1-5(2)3-4-6(7)8/h3-4H,1-2H3/b6-4+. The molecule has 0 rings (SSSR count). The summed E-state index contributed by atoms with van der Waals surface area (Å²) in [5, 5.41) is 0. The minimum Gasteiger partial charge on any atom is -0.199 e. The Bertz CT molecular complexity index is 100. The number of hydrogen-bond acceptors (Lipinski definition) is 0. The lowest BCUT2D eigenvalue weighted by Gasteiger charge is -1.80. The molecule has 0 amide bonds. The van der Waals surface area contributed by atoms with Crippen LogP contribution in [-0.2, 0) is 0 Å². The van der Waals surface area contributed by atoms with Gasteiger partial charge in [0.2, 0.25) is 0 Å². The highest BCUT2D eigenvalue weighted by Crippen LogP contribution is 2.05. The SMILES string of the molecule is CC(C)=C/C=C(/F)Br. The van der Waals surface area contributed by atoms with Crippen molar-refractivity contribution in [2.45, 2.75) is 13.8 Å². The molecule has 0 aromatic carbocycles. The molecular weight excluding hydrogens is 171 g/mol. The van der Waals surface area contributed by atoms with E-state index in [0.29, 0.717) is 0 Å². The molecule has 0 aliphatic carbocycles. The second-order valence-corrected chi connectivity index (χ2v) is 2.46. The summed E-state index contributed by atoms with van der Waals surface area (Å²) >= 11 is 2.65. The zero-order valence-corrected chi connectivity index (χ0v) is 6.50. The van der Waals surface area contributed by atoms with Gasteiger partial charge in [0, 0.05) is 0 Å². The quantitative estimate of drug-likeness (QED) is 0.542. The molecule has 2 heteroatoms. The normalized spacial score (nSPS) is 11.2. The van der Waals surface area contributed by atoms with Crippen molar-refractivity contribution < 1.29 is 4.39 Å². The first-order valence-electron chi connectivity index (χ1n) is 2.29. The van der Waals surface area contributed by atoms with E-state index in [1.807, 2.05) is 13.8 Å². The fourth-order valence-corrected chi connectivity index (χ4v) is 0.362. The summed E-state index contributed by atoms with van der Waals surface area (Å²) in [6.45, 7) is 3.82. The largest absolute Gasteiger partial charge is 0.199 e. The first-order valence-corrected chi connectivity index (χ1v) is 3.08. The molecule has 0 aromatic rings. The zero-order valence-electron chi connectivity index (χ0n) is 4.91. The lowest BCUT2D eigenvalue weighted by atomic mass is 10.3. The van der Waals surface area contributed by atoms with Gasteiger partial charge in [-0.25, -0.2) is 0 Å². The van der Waals surface area contributed by atoms with Crippen LogP contribution in [0.3, 0.4) is 0 Å². The van der Waals surface area contributed by atoms with Crippen molar-refractivity contribution in [2.75, 3.05) is 0 Å². The van der Waals surface area contributed by atoms with Crippen LogP contribution < -0.4 is 0 Å². The first kappa shape index (κ1) is 7.89. The second-order valence-electron chi connectivity index (χ2n) is 1.70. The fraction of sp³-hybridized carbons (Fsp3) is 0.333. The smallest absolute Gasteiger partial charge is 0.165 e. The molecule has 0 atom stereocenters. The molecule has 0 aliphatic rings. The molecule has 0 unspecified atom stereocenters. The van der Waals surface area contributed by atoms with Crippen LogP contribution >= 0.6 is 15.9 Å². The van der Waals surface area contributed by atoms with E-state index in [4.69, 9.17) is 0 Å².